The van der Waals surface area contributed by atoms with E-state index >= 15 is 0 Å². The molecule has 0 N–H and O–H groups in total. The van der Waals surface area contributed by atoms with Gasteiger partial charge in [0.05, 0.1) is 0 Å². The number of hydrogen-bond acceptors (Lipinski definition) is 2. The number of hydrogen-bond donors (Lipinski definition) is 0. The molecule has 0 radical (unpaired) electrons. The first kappa shape index (κ1) is 46.2. The molecule has 352 valence electrons. The number of nitrogens with zero attached hydrogens (tertiary/aromatic N) is 2. The molecule has 10 aromatic carbocycles. The van der Waals surface area contributed by atoms with Crippen LogP contribution < -0.4 is 9.80 Å². The lowest BCUT2D eigenvalue weighted by atomic mass is 9.84. The lowest BCUT2D eigenvalue weighted by Gasteiger charge is -2.29. The predicted octanol–water partition coefficient (Wildman–Crippen LogP) is 20.3. The molecule has 2 heteroatoms. The summed E-state index contributed by atoms with van der Waals surface area (Å²) in [6.07, 6.45) is 8.85. The van der Waals surface area contributed by atoms with Crippen LogP contribution in [0.1, 0.15) is 71.1 Å². The van der Waals surface area contributed by atoms with Gasteiger partial charge in [-0.3, -0.25) is 0 Å². The summed E-state index contributed by atoms with van der Waals surface area (Å²) < 4.78 is 0. The third-order valence-corrected chi connectivity index (χ3v) is 14.5. The van der Waals surface area contributed by atoms with E-state index in [4.69, 9.17) is 0 Å². The standard InChI is InChI=1S/C70H62N2/c1-69(2,3)55-35-39-59(40-36-55)71(57-23-15-9-16-24-57)61-43-45-63-65(47-61)67(53-31-27-51(28-32-53)49-19-11-7-12-20-49)64-46-44-62(48-66(64)68(63)54-33-29-52(30-34-54)50-21-13-8-14-22-50)72(58-25-17-10-18-26-58)60-41-37-56(38-42-60)70(4,5)6/h7-13,15-21,23-48H,14,22H2,1-6H3. The molecule has 0 atom stereocenters. The van der Waals surface area contributed by atoms with Crippen molar-refractivity contribution in [1.29, 1.82) is 0 Å². The van der Waals surface area contributed by atoms with Crippen LogP contribution in [-0.2, 0) is 10.8 Å². The van der Waals surface area contributed by atoms with E-state index in [1.54, 1.807) is 0 Å². The van der Waals surface area contributed by atoms with Crippen molar-refractivity contribution in [3.8, 4) is 33.4 Å². The number of fused-ring (bicyclic) bond motifs is 2. The van der Waals surface area contributed by atoms with Gasteiger partial charge in [-0.1, -0.05) is 211 Å². The summed E-state index contributed by atoms with van der Waals surface area (Å²) >= 11 is 0. The van der Waals surface area contributed by atoms with E-state index < -0.39 is 0 Å². The molecule has 0 heterocycles. The van der Waals surface area contributed by atoms with Gasteiger partial charge >= 0.3 is 0 Å². The van der Waals surface area contributed by atoms with Crippen LogP contribution in [0.15, 0.2) is 243 Å². The average molecular weight is 931 g/mol. The van der Waals surface area contributed by atoms with Gasteiger partial charge in [-0.15, -0.1) is 0 Å². The monoisotopic (exact) mass is 930 g/mol. The minimum absolute atomic E-state index is 0.0406. The molecule has 0 fully saturated rings. The molecule has 10 aromatic rings. The molecule has 0 bridgehead atoms. The summed E-state index contributed by atoms with van der Waals surface area (Å²) in [7, 11) is 0. The number of allylic oxidation sites excluding steroid dienone is 4. The topological polar surface area (TPSA) is 6.48 Å². The minimum Gasteiger partial charge on any atom is -0.310 e. The van der Waals surface area contributed by atoms with Crippen LogP contribution in [0.25, 0.3) is 60.5 Å². The van der Waals surface area contributed by atoms with Crippen molar-refractivity contribution in [3.05, 3.63) is 259 Å². The lowest BCUT2D eigenvalue weighted by Crippen LogP contribution is -2.13. The maximum Gasteiger partial charge on any atom is 0.0468 e. The van der Waals surface area contributed by atoms with Crippen molar-refractivity contribution in [2.24, 2.45) is 0 Å². The molecule has 72 heavy (non-hydrogen) atoms. The van der Waals surface area contributed by atoms with Crippen molar-refractivity contribution >= 4 is 61.2 Å². The Hall–Kier alpha value is -8.20. The van der Waals surface area contributed by atoms with Gasteiger partial charge in [-0.05, 0) is 174 Å². The molecule has 0 aliphatic heterocycles. The highest BCUT2D eigenvalue weighted by Crippen LogP contribution is 2.49. The van der Waals surface area contributed by atoms with Crippen molar-refractivity contribution in [2.45, 2.75) is 65.2 Å². The second kappa shape index (κ2) is 19.2. The molecule has 0 aromatic heterocycles. The van der Waals surface area contributed by atoms with Crippen LogP contribution in [0.5, 0.6) is 0 Å². The second-order valence-corrected chi connectivity index (χ2v) is 21.3. The quantitative estimate of drug-likeness (QED) is 0.126. The SMILES string of the molecule is CC(C)(C)c1ccc(N(c2ccccc2)c2ccc3c(-c4ccc(-c5ccccc5)cc4)c4cc(N(c5ccccc5)c5ccc(C(C)(C)C)cc5)ccc4c(-c4ccc(C5=CC=CCC5)cc4)c3c2)cc1. The summed E-state index contributed by atoms with van der Waals surface area (Å²) in [5.41, 5.74) is 19.2. The molecular weight excluding hydrogens is 869 g/mol. The van der Waals surface area contributed by atoms with Crippen LogP contribution in [0.3, 0.4) is 0 Å². The molecular formula is C70H62N2. The van der Waals surface area contributed by atoms with E-state index in [9.17, 15) is 0 Å². The molecule has 0 saturated carbocycles. The minimum atomic E-state index is 0.0406. The van der Waals surface area contributed by atoms with Crippen LogP contribution in [0, 0.1) is 0 Å². The van der Waals surface area contributed by atoms with Gasteiger partial charge in [0.2, 0.25) is 0 Å². The fourth-order valence-corrected chi connectivity index (χ4v) is 10.5. The molecule has 1 aliphatic carbocycles. The normalized spacial score (nSPS) is 12.8. The summed E-state index contributed by atoms with van der Waals surface area (Å²) in [6, 6.07) is 83.5. The molecule has 0 spiro atoms. The number of rotatable bonds is 10. The fraction of sp³-hybridized carbons (Fsp3) is 0.143. The Morgan fingerprint density at radius 3 is 1.08 bits per heavy atom. The maximum atomic E-state index is 2.44. The average Bonchev–Trinajstić information content (AvgIpc) is 3.41. The second-order valence-electron chi connectivity index (χ2n) is 21.3. The van der Waals surface area contributed by atoms with Crippen molar-refractivity contribution in [2.75, 3.05) is 9.80 Å². The third-order valence-electron chi connectivity index (χ3n) is 14.5. The Kier molecular flexibility index (Phi) is 12.3. The Balaban J connectivity index is 1.20. The molecule has 11 rings (SSSR count). The van der Waals surface area contributed by atoms with Gasteiger partial charge in [0.15, 0.2) is 0 Å². The van der Waals surface area contributed by atoms with E-state index in [2.05, 4.69) is 294 Å². The van der Waals surface area contributed by atoms with Crippen LogP contribution in [-0.4, -0.2) is 0 Å². The van der Waals surface area contributed by atoms with Crippen molar-refractivity contribution in [3.63, 3.8) is 0 Å². The van der Waals surface area contributed by atoms with Crippen LogP contribution >= 0.6 is 0 Å². The first-order valence-electron chi connectivity index (χ1n) is 25.6. The van der Waals surface area contributed by atoms with E-state index in [0.717, 1.165) is 47.0 Å². The van der Waals surface area contributed by atoms with Crippen LogP contribution in [0.4, 0.5) is 34.1 Å². The Labute approximate surface area is 426 Å². The zero-order chi connectivity index (χ0) is 49.4. The maximum absolute atomic E-state index is 2.44. The molecule has 0 saturated heterocycles. The summed E-state index contributed by atoms with van der Waals surface area (Å²) in [5, 5.41) is 4.80. The smallest absolute Gasteiger partial charge is 0.0468 e. The largest absolute Gasteiger partial charge is 0.310 e. The first-order valence-corrected chi connectivity index (χ1v) is 25.6. The fourth-order valence-electron chi connectivity index (χ4n) is 10.5. The van der Waals surface area contributed by atoms with Gasteiger partial charge in [-0.25, -0.2) is 0 Å². The van der Waals surface area contributed by atoms with Gasteiger partial charge in [-0.2, -0.15) is 0 Å². The first-order chi connectivity index (χ1) is 35.0. The van der Waals surface area contributed by atoms with Crippen molar-refractivity contribution < 1.29 is 0 Å². The Bertz CT molecular complexity index is 3570. The Morgan fingerprint density at radius 2 is 0.681 bits per heavy atom. The highest BCUT2D eigenvalue weighted by molar-refractivity contribution is 6.22. The summed E-state index contributed by atoms with van der Waals surface area (Å²) in [4.78, 5) is 4.82. The number of anilines is 6. The van der Waals surface area contributed by atoms with E-state index in [1.165, 1.54) is 77.2 Å². The predicted molar refractivity (Wildman–Crippen MR) is 311 cm³/mol. The highest BCUT2D eigenvalue weighted by atomic mass is 15.1. The van der Waals surface area contributed by atoms with E-state index in [1.807, 2.05) is 0 Å². The molecule has 0 amide bonds. The van der Waals surface area contributed by atoms with E-state index in [0.29, 0.717) is 0 Å². The lowest BCUT2D eigenvalue weighted by molar-refractivity contribution is 0.590. The summed E-state index contributed by atoms with van der Waals surface area (Å²) in [5.74, 6) is 0. The number of para-hydroxylation sites is 2. The Morgan fingerprint density at radius 1 is 0.319 bits per heavy atom. The van der Waals surface area contributed by atoms with E-state index in [-0.39, 0.29) is 10.8 Å². The van der Waals surface area contributed by atoms with Crippen molar-refractivity contribution in [1.82, 2.24) is 0 Å². The molecule has 2 nitrogen and oxygen atoms in total. The zero-order valence-electron chi connectivity index (χ0n) is 42.4. The van der Waals surface area contributed by atoms with Gasteiger partial charge in [0, 0.05) is 34.1 Å². The molecule has 0 unspecified atom stereocenters. The zero-order valence-corrected chi connectivity index (χ0v) is 42.4. The number of benzene rings is 10. The summed E-state index contributed by atoms with van der Waals surface area (Å²) in [6.45, 7) is 13.7. The van der Waals surface area contributed by atoms with Crippen LogP contribution in [0.2, 0.25) is 0 Å². The molecule has 1 aliphatic rings. The highest BCUT2D eigenvalue weighted by Gasteiger charge is 2.24. The van der Waals surface area contributed by atoms with Gasteiger partial charge < -0.3 is 9.80 Å². The van der Waals surface area contributed by atoms with Gasteiger partial charge in [0.1, 0.15) is 0 Å². The van der Waals surface area contributed by atoms with Gasteiger partial charge in [0.25, 0.3) is 0 Å². The third kappa shape index (κ3) is 9.17.